The Morgan fingerprint density at radius 2 is 1.95 bits per heavy atom. The van der Waals surface area contributed by atoms with E-state index in [9.17, 15) is 13.6 Å². The van der Waals surface area contributed by atoms with E-state index in [0.717, 1.165) is 12.1 Å². The summed E-state index contributed by atoms with van der Waals surface area (Å²) in [5.74, 6) is -1.97. The molecule has 0 aliphatic carbocycles. The van der Waals surface area contributed by atoms with Crippen LogP contribution < -0.4 is 5.32 Å². The fourth-order valence-corrected chi connectivity index (χ4v) is 1.60. The van der Waals surface area contributed by atoms with Gasteiger partial charge >= 0.3 is 0 Å². The van der Waals surface area contributed by atoms with Crippen molar-refractivity contribution in [1.82, 2.24) is 9.97 Å². The molecular formula is C12H8ClF2N3O. The zero-order valence-electron chi connectivity index (χ0n) is 9.53. The molecule has 1 heterocycles. The van der Waals surface area contributed by atoms with Gasteiger partial charge in [-0.25, -0.2) is 18.7 Å². The summed E-state index contributed by atoms with van der Waals surface area (Å²) in [6.07, 6.45) is 0.738. The van der Waals surface area contributed by atoms with Crippen molar-refractivity contribution in [2.45, 2.75) is 6.42 Å². The van der Waals surface area contributed by atoms with Crippen molar-refractivity contribution in [3.63, 3.8) is 0 Å². The molecular weight excluding hydrogens is 276 g/mol. The van der Waals surface area contributed by atoms with Crippen molar-refractivity contribution in [2.24, 2.45) is 0 Å². The molecule has 4 nitrogen and oxygen atoms in total. The molecule has 0 fully saturated rings. The maximum atomic E-state index is 13.3. The second kappa shape index (κ2) is 5.71. The molecule has 0 aliphatic rings. The van der Waals surface area contributed by atoms with Gasteiger partial charge < -0.3 is 5.32 Å². The lowest BCUT2D eigenvalue weighted by Crippen LogP contribution is -2.17. The first-order valence-corrected chi connectivity index (χ1v) is 5.64. The molecule has 0 bridgehead atoms. The lowest BCUT2D eigenvalue weighted by molar-refractivity contribution is -0.115. The minimum atomic E-state index is -0.768. The van der Waals surface area contributed by atoms with Crippen LogP contribution in [0.15, 0.2) is 30.6 Å². The number of aromatic nitrogens is 2. The third-order valence-electron chi connectivity index (χ3n) is 2.30. The third-order valence-corrected chi connectivity index (χ3v) is 2.51. The Morgan fingerprint density at radius 3 is 2.58 bits per heavy atom. The van der Waals surface area contributed by atoms with Crippen molar-refractivity contribution >= 4 is 23.3 Å². The Labute approximate surface area is 112 Å². The highest BCUT2D eigenvalue weighted by Crippen LogP contribution is 2.14. The number of nitrogens with zero attached hydrogens (tertiary/aromatic N) is 2. The van der Waals surface area contributed by atoms with Crippen LogP contribution in [0.5, 0.6) is 0 Å². The summed E-state index contributed by atoms with van der Waals surface area (Å²) in [5.41, 5.74) is -0.292. The number of hydrogen-bond donors (Lipinski definition) is 1. The highest BCUT2D eigenvalue weighted by Gasteiger charge is 2.13. The number of amides is 1. The number of hydrogen-bond acceptors (Lipinski definition) is 3. The van der Waals surface area contributed by atoms with Gasteiger partial charge in [0.05, 0.1) is 6.42 Å². The highest BCUT2D eigenvalue weighted by atomic mass is 35.5. The predicted octanol–water partition coefficient (Wildman–Crippen LogP) is 2.59. The van der Waals surface area contributed by atoms with Crippen molar-refractivity contribution in [1.29, 1.82) is 0 Å². The molecule has 19 heavy (non-hydrogen) atoms. The summed E-state index contributed by atoms with van der Waals surface area (Å²) >= 11 is 5.62. The molecule has 0 saturated heterocycles. The Morgan fingerprint density at radius 1 is 1.26 bits per heavy atom. The maximum absolute atomic E-state index is 13.3. The second-order valence-corrected chi connectivity index (χ2v) is 4.04. The number of carbonyl (C=O) groups is 1. The van der Waals surface area contributed by atoms with Gasteiger partial charge in [-0.15, -0.1) is 0 Å². The van der Waals surface area contributed by atoms with Crippen LogP contribution in [0.3, 0.4) is 0 Å². The van der Waals surface area contributed by atoms with E-state index in [4.69, 9.17) is 11.6 Å². The average molecular weight is 284 g/mol. The SMILES string of the molecule is O=C(Cc1c(F)cccc1F)Nc1cc(Cl)ncn1. The molecule has 2 rings (SSSR count). The van der Waals surface area contributed by atoms with E-state index in [0.29, 0.717) is 0 Å². The minimum absolute atomic E-state index is 0.155. The average Bonchev–Trinajstić information content (AvgIpc) is 2.34. The molecule has 0 unspecified atom stereocenters. The van der Waals surface area contributed by atoms with Gasteiger partial charge in [-0.3, -0.25) is 4.79 Å². The van der Waals surface area contributed by atoms with Crippen molar-refractivity contribution in [3.05, 3.63) is 52.9 Å². The van der Waals surface area contributed by atoms with Gasteiger partial charge in [0.1, 0.15) is 28.9 Å². The van der Waals surface area contributed by atoms with Crippen molar-refractivity contribution < 1.29 is 13.6 Å². The van der Waals surface area contributed by atoms with E-state index in [1.54, 1.807) is 0 Å². The van der Waals surface area contributed by atoms with Crippen LogP contribution in [-0.4, -0.2) is 15.9 Å². The number of rotatable bonds is 3. The van der Waals surface area contributed by atoms with Gasteiger partial charge in [0.2, 0.25) is 5.91 Å². The van der Waals surface area contributed by atoms with E-state index in [1.807, 2.05) is 0 Å². The van der Waals surface area contributed by atoms with Gasteiger partial charge in [0.15, 0.2) is 0 Å². The number of anilines is 1. The van der Waals surface area contributed by atoms with Gasteiger partial charge in [-0.2, -0.15) is 0 Å². The Balaban J connectivity index is 2.10. The molecule has 0 saturated carbocycles. The summed E-state index contributed by atoms with van der Waals surface area (Å²) in [6, 6.07) is 4.74. The molecule has 1 aromatic carbocycles. The Hall–Kier alpha value is -2.08. The van der Waals surface area contributed by atoms with Crippen LogP contribution in [0.25, 0.3) is 0 Å². The summed E-state index contributed by atoms with van der Waals surface area (Å²) in [7, 11) is 0. The largest absolute Gasteiger partial charge is 0.310 e. The van der Waals surface area contributed by atoms with Crippen molar-refractivity contribution in [3.8, 4) is 0 Å². The summed E-state index contributed by atoms with van der Waals surface area (Å²) < 4.78 is 26.7. The van der Waals surface area contributed by atoms with Crippen molar-refractivity contribution in [2.75, 3.05) is 5.32 Å². The van der Waals surface area contributed by atoms with Crippen LogP contribution in [0, 0.1) is 11.6 Å². The predicted molar refractivity (Wildman–Crippen MR) is 65.7 cm³/mol. The summed E-state index contributed by atoms with van der Waals surface area (Å²) in [4.78, 5) is 19.0. The molecule has 0 radical (unpaired) electrons. The second-order valence-electron chi connectivity index (χ2n) is 3.65. The molecule has 0 spiro atoms. The van der Waals surface area contributed by atoms with E-state index in [2.05, 4.69) is 15.3 Å². The van der Waals surface area contributed by atoms with E-state index >= 15 is 0 Å². The van der Waals surface area contributed by atoms with E-state index in [1.165, 1.54) is 18.5 Å². The zero-order chi connectivity index (χ0) is 13.8. The number of halogens is 3. The zero-order valence-corrected chi connectivity index (χ0v) is 10.3. The van der Waals surface area contributed by atoms with Gasteiger partial charge in [-0.1, -0.05) is 17.7 Å². The molecule has 98 valence electrons. The molecule has 7 heteroatoms. The highest BCUT2D eigenvalue weighted by molar-refractivity contribution is 6.29. The first-order chi connectivity index (χ1) is 9.06. The topological polar surface area (TPSA) is 54.9 Å². The number of nitrogens with one attached hydrogen (secondary N) is 1. The lowest BCUT2D eigenvalue weighted by atomic mass is 10.1. The molecule has 1 amide bonds. The standard InChI is InChI=1S/C12H8ClF2N3O/c13-10-5-11(17-6-16-10)18-12(19)4-7-8(14)2-1-3-9(7)15/h1-3,5-6H,4H2,(H,16,17,18,19). The van der Waals surface area contributed by atoms with Crippen LogP contribution in [0.4, 0.5) is 14.6 Å². The molecule has 1 N–H and O–H groups in total. The van der Waals surface area contributed by atoms with Gasteiger partial charge in [-0.05, 0) is 12.1 Å². The van der Waals surface area contributed by atoms with Gasteiger partial charge in [0, 0.05) is 11.6 Å². The fourth-order valence-electron chi connectivity index (χ4n) is 1.45. The van der Waals surface area contributed by atoms with Crippen LogP contribution >= 0.6 is 11.6 Å². The van der Waals surface area contributed by atoms with Crippen LogP contribution in [0.1, 0.15) is 5.56 Å². The van der Waals surface area contributed by atoms with E-state index in [-0.39, 0.29) is 16.5 Å². The lowest BCUT2D eigenvalue weighted by Gasteiger charge is -2.06. The third kappa shape index (κ3) is 3.45. The molecule has 2 aromatic rings. The van der Waals surface area contributed by atoms with Crippen LogP contribution in [-0.2, 0) is 11.2 Å². The fraction of sp³-hybridized carbons (Fsp3) is 0.0833. The molecule has 0 aliphatic heterocycles. The number of carbonyl (C=O) groups excluding carboxylic acids is 1. The summed E-state index contributed by atoms with van der Waals surface area (Å²) in [6.45, 7) is 0. The normalized spacial score (nSPS) is 10.3. The first kappa shape index (κ1) is 13.4. The Kier molecular flexibility index (Phi) is 4.01. The van der Waals surface area contributed by atoms with E-state index < -0.39 is 24.0 Å². The monoisotopic (exact) mass is 283 g/mol. The van der Waals surface area contributed by atoms with Crippen LogP contribution in [0.2, 0.25) is 5.15 Å². The summed E-state index contributed by atoms with van der Waals surface area (Å²) in [5, 5.41) is 2.53. The smallest absolute Gasteiger partial charge is 0.230 e. The maximum Gasteiger partial charge on any atom is 0.230 e. The Bertz CT molecular complexity index is 601. The molecule has 0 atom stereocenters. The molecule has 1 aromatic heterocycles. The minimum Gasteiger partial charge on any atom is -0.310 e. The quantitative estimate of drug-likeness (QED) is 0.881. The van der Waals surface area contributed by atoms with Gasteiger partial charge in [0.25, 0.3) is 0 Å². The first-order valence-electron chi connectivity index (χ1n) is 5.26. The number of benzene rings is 1.